The lowest BCUT2D eigenvalue weighted by molar-refractivity contribution is 0.0507. The van der Waals surface area contributed by atoms with E-state index in [0.29, 0.717) is 33.8 Å². The summed E-state index contributed by atoms with van der Waals surface area (Å²) in [6.45, 7) is 18.3. The predicted molar refractivity (Wildman–Crippen MR) is 365 cm³/mol. The first kappa shape index (κ1) is 70.4. The van der Waals surface area contributed by atoms with Crippen LogP contribution in [0.4, 0.5) is 32.6 Å². The molecule has 468 valence electrons. The number of ether oxygens (including phenoxy) is 3. The molecule has 1 atom stereocenters. The molecule has 0 saturated carbocycles. The highest BCUT2D eigenvalue weighted by Crippen LogP contribution is 2.32. The number of hydrogen-bond acceptors (Lipinski definition) is 18. The van der Waals surface area contributed by atoms with Crippen LogP contribution < -0.4 is 16.4 Å². The minimum Gasteiger partial charge on any atom is -0.477 e. The van der Waals surface area contributed by atoms with E-state index in [1.165, 1.54) is 27.1 Å². The third kappa shape index (κ3) is 21.2. The maximum atomic E-state index is 12.2. The summed E-state index contributed by atoms with van der Waals surface area (Å²) in [5, 5.41) is 28.5. The van der Waals surface area contributed by atoms with Gasteiger partial charge >= 0.3 is 18.2 Å². The molecule has 0 radical (unpaired) electrons. The molecule has 7 aromatic heterocycles. The number of fused-ring (bicyclic) bond motifs is 4. The van der Waals surface area contributed by atoms with Crippen molar-refractivity contribution in [1.29, 1.82) is 0 Å². The van der Waals surface area contributed by atoms with Gasteiger partial charge in [0.25, 0.3) is 0 Å². The third-order valence-corrected chi connectivity index (χ3v) is 14.9. The first-order chi connectivity index (χ1) is 41.7. The van der Waals surface area contributed by atoms with E-state index in [9.17, 15) is 19.2 Å². The highest BCUT2D eigenvalue weighted by molar-refractivity contribution is 9.10. The molecule has 0 spiro atoms. The molecule has 89 heavy (non-hydrogen) atoms. The van der Waals surface area contributed by atoms with E-state index >= 15 is 0 Å². The number of rotatable bonds is 7. The molecule has 1 unspecified atom stereocenters. The lowest BCUT2D eigenvalue weighted by atomic mass is 10.1. The molecule has 1 aliphatic rings. The summed E-state index contributed by atoms with van der Waals surface area (Å²) >= 11 is 21.3. The number of carbonyl (C=O) groups excluding carboxylic acids is 3. The number of Topliss-reactive ketones (excluding diaryl/α,β-unsaturated/α-hetero) is 1. The summed E-state index contributed by atoms with van der Waals surface area (Å²) in [6.07, 6.45) is 7.72. The van der Waals surface area contributed by atoms with Gasteiger partial charge in [-0.1, -0.05) is 83.8 Å². The quantitative estimate of drug-likeness (QED) is 0.0733. The number of aromatic nitrogens is 9. The summed E-state index contributed by atoms with van der Waals surface area (Å²) in [7, 11) is 0. The molecule has 0 amide bonds. The Balaban J connectivity index is 0.000000188. The summed E-state index contributed by atoms with van der Waals surface area (Å²) in [4.78, 5) is 65.9. The number of carboxylic acid groups (broad SMARTS) is 1. The highest BCUT2D eigenvalue weighted by Gasteiger charge is 2.21. The molecule has 26 heteroatoms. The number of ketones is 1. The Morgan fingerprint density at radius 3 is 2.08 bits per heavy atom. The van der Waals surface area contributed by atoms with E-state index in [-0.39, 0.29) is 23.8 Å². The van der Waals surface area contributed by atoms with Gasteiger partial charge in [0.05, 0.1) is 40.4 Å². The van der Waals surface area contributed by atoms with Crippen molar-refractivity contribution < 1.29 is 38.5 Å². The normalized spacial score (nSPS) is 12.5. The first-order valence-electron chi connectivity index (χ1n) is 27.3. The van der Waals surface area contributed by atoms with E-state index in [1.807, 2.05) is 132 Å². The SMILES string of the molecule is C.CC(=O)c1cc2ccc(Br)cc2[nH]1.CC(C)(C)OC(=O)n1cc(-c2ccc(Nc3nc(Cl)nc4ccsc34)cc2)cn1.CC(C)(C)OC(=O)n1ncc2cc(Nc3ccnc(Cl)n3)ccc21.CCC.NC1CCOC1.O=C(O)c1cc2ccc(Br)cc2s1. The van der Waals surface area contributed by atoms with Crippen LogP contribution in [0.25, 0.3) is 53.2 Å². The number of carboxylic acids is 1. The molecule has 1 fully saturated rings. The number of halogens is 4. The Kier molecular flexibility index (Phi) is 25.5. The van der Waals surface area contributed by atoms with Gasteiger partial charge in [-0.25, -0.2) is 29.3 Å². The summed E-state index contributed by atoms with van der Waals surface area (Å²) in [6, 6.07) is 32.3. The Labute approximate surface area is 549 Å². The number of carbonyl (C=O) groups is 4. The second kappa shape index (κ2) is 32.2. The van der Waals surface area contributed by atoms with Gasteiger partial charge in [0.1, 0.15) is 21.9 Å². The minimum atomic E-state index is -0.864. The van der Waals surface area contributed by atoms with Gasteiger partial charge in [-0.2, -0.15) is 24.5 Å². The van der Waals surface area contributed by atoms with Crippen molar-refractivity contribution in [3.63, 3.8) is 0 Å². The van der Waals surface area contributed by atoms with E-state index in [2.05, 4.69) is 91.5 Å². The second-order valence-corrected chi connectivity index (χ2v) is 25.9. The van der Waals surface area contributed by atoms with Gasteiger partial charge in [0.15, 0.2) is 11.6 Å². The van der Waals surface area contributed by atoms with Gasteiger partial charge in [-0.15, -0.1) is 22.7 Å². The number of thiophene rings is 2. The van der Waals surface area contributed by atoms with Crippen LogP contribution in [0.3, 0.4) is 0 Å². The van der Waals surface area contributed by atoms with E-state index in [4.69, 9.17) is 48.3 Å². The van der Waals surface area contributed by atoms with E-state index in [0.717, 1.165) is 87.7 Å². The average molecular weight is 1420 g/mol. The van der Waals surface area contributed by atoms with Crippen LogP contribution in [-0.2, 0) is 14.2 Å². The number of nitrogens with two attached hydrogens (primary N) is 1. The summed E-state index contributed by atoms with van der Waals surface area (Å²) in [5.41, 5.74) is 10.8. The first-order valence-corrected chi connectivity index (χ1v) is 31.4. The molecule has 8 heterocycles. The van der Waals surface area contributed by atoms with Crippen LogP contribution in [0.2, 0.25) is 10.6 Å². The third-order valence-electron chi connectivity index (χ3n) is 11.6. The van der Waals surface area contributed by atoms with Crippen molar-refractivity contribution in [3.8, 4) is 11.1 Å². The molecular formula is C63H68Br2Cl2N12O8S2. The molecule has 1 aliphatic heterocycles. The van der Waals surface area contributed by atoms with Gasteiger partial charge in [-0.3, -0.25) is 4.79 Å². The predicted octanol–water partition coefficient (Wildman–Crippen LogP) is 18.0. The van der Waals surface area contributed by atoms with Gasteiger partial charge in [0.2, 0.25) is 10.6 Å². The maximum Gasteiger partial charge on any atom is 0.435 e. The van der Waals surface area contributed by atoms with Crippen LogP contribution in [0.5, 0.6) is 0 Å². The highest BCUT2D eigenvalue weighted by atomic mass is 79.9. The molecule has 0 bridgehead atoms. The molecule has 4 aromatic carbocycles. The van der Waals surface area contributed by atoms with Crippen molar-refractivity contribution in [1.82, 2.24) is 44.5 Å². The van der Waals surface area contributed by atoms with Crippen molar-refractivity contribution in [3.05, 3.63) is 163 Å². The Morgan fingerprint density at radius 2 is 1.45 bits per heavy atom. The zero-order valence-electron chi connectivity index (χ0n) is 49.4. The van der Waals surface area contributed by atoms with Crippen molar-refractivity contribution in [2.45, 2.75) is 99.8 Å². The molecule has 1 saturated heterocycles. The molecule has 0 aliphatic carbocycles. The molecule has 20 nitrogen and oxygen atoms in total. The molecular weight excluding hydrogens is 1350 g/mol. The Hall–Kier alpha value is -7.68. The Morgan fingerprint density at radius 1 is 0.775 bits per heavy atom. The number of nitrogens with one attached hydrogen (secondary N) is 3. The molecule has 11 aromatic rings. The summed E-state index contributed by atoms with van der Waals surface area (Å²) in [5.74, 6) is 0.444. The van der Waals surface area contributed by atoms with Crippen molar-refractivity contribution in [2.75, 3.05) is 23.8 Å². The standard InChI is InChI=1S/C20H18ClN5O2S.C16H16ClN5O2.C10H8BrNO.C9H5BrO2S.C4H9NO.C3H8.CH4/c1-20(2,3)28-19(27)26-11-13(10-22-26)12-4-6-14(7-5-12)23-17-16-15(8-9-29-16)24-18(21)25-17;1-16(2,3)24-15(23)22-12-5-4-11(8-10(12)9-19-22)20-13-6-7-18-14(17)21-13;1-6(13)9-4-7-2-3-8(11)5-10(7)12-9;10-6-2-1-5-3-8(9(11)12)13-7(5)4-6;5-4-1-2-6-3-4;1-3-2;/h4-11H,1-3H3,(H,23,24,25);4-9H,1-3H3,(H,18,20,21);2-5,12H,1H3;1-4H,(H,11,12);4H,1-3,5H2;3H2,1-2H3;1H4. The average Bonchev–Trinajstić information content (AvgIpc) is 2.61. The maximum absolute atomic E-state index is 12.2. The van der Waals surface area contributed by atoms with Crippen LogP contribution >= 0.6 is 77.7 Å². The zero-order valence-corrected chi connectivity index (χ0v) is 55.7. The lowest BCUT2D eigenvalue weighted by Crippen LogP contribution is -2.27. The fourth-order valence-corrected chi connectivity index (χ4v) is 10.7. The van der Waals surface area contributed by atoms with Crippen molar-refractivity contribution in [2.24, 2.45) is 5.73 Å². The fraction of sp³-hybridized carbons (Fsp3) is 0.270. The number of aromatic carboxylic acids is 1. The van der Waals surface area contributed by atoms with Gasteiger partial charge in [-0.05, 0) is 166 Å². The Bertz CT molecular complexity index is 4100. The monoisotopic (exact) mass is 1410 g/mol. The fourth-order valence-electron chi connectivity index (χ4n) is 7.75. The number of hydrogen-bond donors (Lipinski definition) is 5. The number of aromatic amines is 1. The van der Waals surface area contributed by atoms with E-state index < -0.39 is 29.4 Å². The number of H-pyrrole nitrogens is 1. The van der Waals surface area contributed by atoms with E-state index in [1.54, 1.807) is 61.2 Å². The van der Waals surface area contributed by atoms with Gasteiger partial charge in [0, 0.05) is 78.8 Å². The second-order valence-electron chi connectivity index (χ2n) is 21.4. The molecule has 6 N–H and O–H groups in total. The molecule has 12 rings (SSSR count). The largest absolute Gasteiger partial charge is 0.477 e. The van der Waals surface area contributed by atoms with Crippen LogP contribution in [-0.4, -0.2) is 104 Å². The number of anilines is 4. The zero-order chi connectivity index (χ0) is 63.9. The lowest BCUT2D eigenvalue weighted by Gasteiger charge is -2.19. The smallest absolute Gasteiger partial charge is 0.435 e. The van der Waals surface area contributed by atoms with Crippen LogP contribution in [0.15, 0.2) is 142 Å². The number of benzene rings is 4. The minimum absolute atomic E-state index is 0. The van der Waals surface area contributed by atoms with Crippen LogP contribution in [0.1, 0.15) is 103 Å². The topological polar surface area (TPSA) is 269 Å². The summed E-state index contributed by atoms with van der Waals surface area (Å²) < 4.78 is 22.0. The van der Waals surface area contributed by atoms with Crippen LogP contribution in [0, 0.1) is 0 Å². The van der Waals surface area contributed by atoms with Crippen molar-refractivity contribution >= 4 is 167 Å². The number of nitrogens with zero attached hydrogens (tertiary/aromatic N) is 8. The van der Waals surface area contributed by atoms with Gasteiger partial charge < -0.3 is 40.7 Å².